The van der Waals surface area contributed by atoms with Crippen LogP contribution >= 0.6 is 0 Å². The number of benzene rings is 1. The lowest BCUT2D eigenvalue weighted by Crippen LogP contribution is -2.49. The van der Waals surface area contributed by atoms with Gasteiger partial charge in [0, 0.05) is 47.5 Å². The normalized spacial score (nSPS) is 19.5. The Balaban J connectivity index is 1.55. The zero-order chi connectivity index (χ0) is 33.4. The minimum atomic E-state index is -3.95. The number of carbonyl (C=O) groups is 2. The van der Waals surface area contributed by atoms with Gasteiger partial charge in [-0.3, -0.25) is 14.8 Å². The van der Waals surface area contributed by atoms with Crippen LogP contribution in [0, 0.1) is 5.92 Å². The summed E-state index contributed by atoms with van der Waals surface area (Å²) in [5.41, 5.74) is 1.81. The van der Waals surface area contributed by atoms with Gasteiger partial charge < -0.3 is 25.8 Å². The van der Waals surface area contributed by atoms with E-state index in [0.29, 0.717) is 27.5 Å². The van der Waals surface area contributed by atoms with E-state index in [1.165, 1.54) is 6.20 Å². The van der Waals surface area contributed by atoms with Crippen molar-refractivity contribution in [2.45, 2.75) is 102 Å². The largest absolute Gasteiger partial charge is 0.366 e. The van der Waals surface area contributed by atoms with Crippen LogP contribution in [0.4, 0.5) is 4.79 Å². The number of urea groups is 1. The van der Waals surface area contributed by atoms with Crippen molar-refractivity contribution >= 4 is 32.7 Å². The van der Waals surface area contributed by atoms with E-state index in [9.17, 15) is 23.1 Å². The number of hydrogen-bond acceptors (Lipinski definition) is 8. The standard InChI is InChI=1S/C33H44N6O6S/c1-18(2)15-36-46(43,44)28-13-23-26(38-30(40)21-8-7-11-34-16-21)14-27(39-32(42)37-19(3)31(41)45-33(4,5)6)29(23)24-17-35-25(12-22(24)28)20-9-10-20/h7-8,11-13,16-20,26-27,31,36,41H,9-10,14-15H2,1-6H3,(H,38,40)(H2,37,39,42)/t19?,26-,27-,31?/m0/s1. The van der Waals surface area contributed by atoms with Crippen molar-refractivity contribution in [3.8, 4) is 0 Å². The average molecular weight is 653 g/mol. The minimum absolute atomic E-state index is 0.0903. The van der Waals surface area contributed by atoms with Crippen molar-refractivity contribution < 1.29 is 27.9 Å². The Labute approximate surface area is 270 Å². The highest BCUT2D eigenvalue weighted by Crippen LogP contribution is 2.46. The summed E-state index contributed by atoms with van der Waals surface area (Å²) < 4.78 is 35.9. The molecule has 0 aliphatic heterocycles. The van der Waals surface area contributed by atoms with Gasteiger partial charge in [0.25, 0.3) is 5.91 Å². The molecule has 2 aromatic heterocycles. The van der Waals surface area contributed by atoms with Crippen LogP contribution in [0.5, 0.6) is 0 Å². The molecular weight excluding hydrogens is 608 g/mol. The number of aliphatic hydroxyl groups is 1. The second-order valence-corrected chi connectivity index (χ2v) is 15.4. The smallest absolute Gasteiger partial charge is 0.315 e. The summed E-state index contributed by atoms with van der Waals surface area (Å²) in [6.45, 7) is 11.2. The second-order valence-electron chi connectivity index (χ2n) is 13.6. The molecule has 46 heavy (non-hydrogen) atoms. The third-order valence-corrected chi connectivity index (χ3v) is 9.50. The molecule has 2 unspecified atom stereocenters. The van der Waals surface area contributed by atoms with E-state index in [4.69, 9.17) is 9.72 Å². The molecular formula is C33H44N6O6S. The number of rotatable bonds is 11. The summed E-state index contributed by atoms with van der Waals surface area (Å²) in [6.07, 6.45) is 5.71. The molecule has 4 atom stereocenters. The molecule has 5 N–H and O–H groups in total. The van der Waals surface area contributed by atoms with Gasteiger partial charge in [-0.15, -0.1) is 0 Å². The molecule has 3 aromatic rings. The highest BCUT2D eigenvalue weighted by Gasteiger charge is 2.38. The highest BCUT2D eigenvalue weighted by molar-refractivity contribution is 7.89. The monoisotopic (exact) mass is 652 g/mol. The Morgan fingerprint density at radius 3 is 2.43 bits per heavy atom. The van der Waals surface area contributed by atoms with E-state index in [-0.39, 0.29) is 35.6 Å². The molecule has 1 aromatic carbocycles. The SMILES string of the molecule is CC(C)CNS(=O)(=O)c1cc2c(c3cnc(C4CC4)cc13)[C@@H](NC(=O)NC(C)C(O)OC(C)(C)C)C[C@@H]2NC(=O)c1cccnc1. The summed E-state index contributed by atoms with van der Waals surface area (Å²) in [5, 5.41) is 20.3. The molecule has 248 valence electrons. The number of sulfonamides is 1. The Kier molecular flexibility index (Phi) is 9.69. The predicted octanol–water partition coefficient (Wildman–Crippen LogP) is 4.18. The van der Waals surface area contributed by atoms with E-state index in [0.717, 1.165) is 18.5 Å². The zero-order valence-electron chi connectivity index (χ0n) is 27.1. The first kappa shape index (κ1) is 33.7. The summed E-state index contributed by atoms with van der Waals surface area (Å²) in [5.74, 6) is -0.00590. The number of aliphatic hydroxyl groups excluding tert-OH is 1. The fourth-order valence-electron chi connectivity index (χ4n) is 5.63. The molecule has 13 heteroatoms. The number of nitrogens with zero attached hydrogens (tertiary/aromatic N) is 2. The summed E-state index contributed by atoms with van der Waals surface area (Å²) in [4.78, 5) is 35.4. The van der Waals surface area contributed by atoms with E-state index in [1.807, 2.05) is 19.9 Å². The van der Waals surface area contributed by atoms with Crippen LogP contribution < -0.4 is 20.7 Å². The molecule has 1 saturated carbocycles. The number of pyridine rings is 2. The van der Waals surface area contributed by atoms with Gasteiger partial charge in [-0.1, -0.05) is 13.8 Å². The molecule has 2 aliphatic rings. The number of nitrogens with one attached hydrogen (secondary N) is 4. The fraction of sp³-hybridized carbons (Fsp3) is 0.515. The molecule has 0 bridgehead atoms. The molecule has 0 spiro atoms. The van der Waals surface area contributed by atoms with Gasteiger partial charge in [0.05, 0.1) is 34.2 Å². The minimum Gasteiger partial charge on any atom is -0.366 e. The number of fused-ring (bicyclic) bond motifs is 3. The Hall–Kier alpha value is -3.65. The maximum atomic E-state index is 13.8. The summed E-state index contributed by atoms with van der Waals surface area (Å²) in [7, 11) is -3.95. The lowest BCUT2D eigenvalue weighted by molar-refractivity contribution is -0.176. The van der Waals surface area contributed by atoms with Crippen molar-refractivity contribution in [2.24, 2.45) is 5.92 Å². The summed E-state index contributed by atoms with van der Waals surface area (Å²) >= 11 is 0. The maximum absolute atomic E-state index is 13.8. The first-order valence-electron chi connectivity index (χ1n) is 15.7. The maximum Gasteiger partial charge on any atom is 0.315 e. The fourth-order valence-corrected chi connectivity index (χ4v) is 7.08. The van der Waals surface area contributed by atoms with Crippen molar-refractivity contribution in [1.29, 1.82) is 0 Å². The molecule has 5 rings (SSSR count). The molecule has 2 aliphatic carbocycles. The van der Waals surface area contributed by atoms with Gasteiger partial charge in [0.1, 0.15) is 0 Å². The number of ether oxygens (including phenoxy) is 1. The van der Waals surface area contributed by atoms with E-state index < -0.39 is 46.1 Å². The number of carbonyl (C=O) groups excluding carboxylic acids is 2. The van der Waals surface area contributed by atoms with Crippen LogP contribution in [0.1, 0.15) is 106 Å². The van der Waals surface area contributed by atoms with Crippen LogP contribution in [-0.2, 0) is 14.8 Å². The van der Waals surface area contributed by atoms with Gasteiger partial charge in [-0.2, -0.15) is 0 Å². The Bertz CT molecular complexity index is 1710. The molecule has 2 heterocycles. The first-order valence-corrected chi connectivity index (χ1v) is 17.2. The van der Waals surface area contributed by atoms with Crippen LogP contribution in [0.15, 0.2) is 47.8 Å². The molecule has 3 amide bonds. The lowest BCUT2D eigenvalue weighted by atomic mass is 9.98. The van der Waals surface area contributed by atoms with Crippen molar-refractivity contribution in [2.75, 3.05) is 6.54 Å². The van der Waals surface area contributed by atoms with Crippen LogP contribution in [0.2, 0.25) is 0 Å². The zero-order valence-corrected chi connectivity index (χ0v) is 27.9. The van der Waals surface area contributed by atoms with E-state index in [1.54, 1.807) is 58.3 Å². The Morgan fingerprint density at radius 1 is 1.07 bits per heavy atom. The van der Waals surface area contributed by atoms with Crippen molar-refractivity contribution in [3.05, 3.63) is 65.2 Å². The van der Waals surface area contributed by atoms with Gasteiger partial charge in [0.15, 0.2) is 6.29 Å². The van der Waals surface area contributed by atoms with Gasteiger partial charge in [0.2, 0.25) is 10.0 Å². The van der Waals surface area contributed by atoms with Crippen molar-refractivity contribution in [3.63, 3.8) is 0 Å². The molecule has 12 nitrogen and oxygen atoms in total. The first-order chi connectivity index (χ1) is 21.6. The molecule has 1 fully saturated rings. The second kappa shape index (κ2) is 13.2. The average Bonchev–Trinajstić information content (AvgIpc) is 3.78. The lowest BCUT2D eigenvalue weighted by Gasteiger charge is -2.28. The highest BCUT2D eigenvalue weighted by atomic mass is 32.2. The van der Waals surface area contributed by atoms with Crippen LogP contribution in [0.3, 0.4) is 0 Å². The molecule has 0 radical (unpaired) electrons. The topological polar surface area (TPSA) is 172 Å². The van der Waals surface area contributed by atoms with Gasteiger partial charge in [-0.05, 0) is 88.3 Å². The summed E-state index contributed by atoms with van der Waals surface area (Å²) in [6, 6.07) is 4.23. The molecule has 0 saturated heterocycles. The van der Waals surface area contributed by atoms with Crippen LogP contribution in [-0.4, -0.2) is 59.9 Å². The van der Waals surface area contributed by atoms with Crippen LogP contribution in [0.25, 0.3) is 10.8 Å². The number of amides is 3. The van der Waals surface area contributed by atoms with Gasteiger partial charge >= 0.3 is 6.03 Å². The third-order valence-electron chi connectivity index (χ3n) is 8.04. The Morgan fingerprint density at radius 2 is 1.80 bits per heavy atom. The van der Waals surface area contributed by atoms with E-state index >= 15 is 0 Å². The van der Waals surface area contributed by atoms with Crippen molar-refractivity contribution in [1.82, 2.24) is 30.6 Å². The van der Waals surface area contributed by atoms with E-state index in [2.05, 4.69) is 25.7 Å². The predicted molar refractivity (Wildman–Crippen MR) is 174 cm³/mol. The number of aromatic nitrogens is 2. The van der Waals surface area contributed by atoms with Gasteiger partial charge in [-0.25, -0.2) is 17.9 Å². The quantitative estimate of drug-likeness (QED) is 0.192. The number of hydrogen-bond donors (Lipinski definition) is 5. The third kappa shape index (κ3) is 7.83.